The van der Waals surface area contributed by atoms with Gasteiger partial charge in [0.15, 0.2) is 11.6 Å². The molecule has 0 heterocycles. The average molecular weight is 332 g/mol. The zero-order valence-corrected chi connectivity index (χ0v) is 14.2. The fourth-order valence-electron chi connectivity index (χ4n) is 3.13. The fraction of sp³-hybridized carbons (Fsp3) is 0.429. The van der Waals surface area contributed by atoms with Crippen LogP contribution < -0.4 is 0 Å². The lowest BCUT2D eigenvalue weighted by molar-refractivity contribution is 0.165. The van der Waals surface area contributed by atoms with Crippen molar-refractivity contribution in [3.63, 3.8) is 0 Å². The van der Waals surface area contributed by atoms with Crippen LogP contribution in [0.5, 0.6) is 0 Å². The van der Waals surface area contributed by atoms with Crippen LogP contribution >= 0.6 is 0 Å². The van der Waals surface area contributed by atoms with Crippen LogP contribution in [0.1, 0.15) is 43.2 Å². The number of hydrogen-bond acceptors (Lipinski definition) is 1. The summed E-state index contributed by atoms with van der Waals surface area (Å²) in [5, 5.41) is 0. The fourth-order valence-corrected chi connectivity index (χ4v) is 3.13. The highest BCUT2D eigenvalue weighted by atomic mass is 19.2. The molecule has 0 aromatic heterocycles. The Bertz CT molecular complexity index is 604. The SMILES string of the molecule is C=CCCC1CC=C(c2ccc(CCOCC=C)c(F)c2F)CC1. The normalized spacial score (nSPS) is 17.4. The Morgan fingerprint density at radius 3 is 2.67 bits per heavy atom. The number of rotatable bonds is 9. The molecule has 0 bridgehead atoms. The molecule has 0 spiro atoms. The standard InChI is InChI=1S/C21H26F2O/c1-3-5-6-16-7-9-17(10-8-16)19-12-11-18(20(22)21(19)23)13-15-24-14-4-2/h3-4,9,11-12,16H,1-2,5-8,10,13-15H2. The molecule has 2 rings (SSSR count). The number of benzene rings is 1. The van der Waals surface area contributed by atoms with Crippen LogP contribution in [0.3, 0.4) is 0 Å². The molecule has 1 aromatic rings. The smallest absolute Gasteiger partial charge is 0.166 e. The zero-order valence-electron chi connectivity index (χ0n) is 14.2. The number of allylic oxidation sites excluding steroid dienone is 3. The predicted molar refractivity (Wildman–Crippen MR) is 95.8 cm³/mol. The second-order valence-electron chi connectivity index (χ2n) is 6.25. The van der Waals surface area contributed by atoms with E-state index in [2.05, 4.69) is 19.2 Å². The molecule has 0 saturated heterocycles. The summed E-state index contributed by atoms with van der Waals surface area (Å²) in [7, 11) is 0. The Morgan fingerprint density at radius 1 is 1.17 bits per heavy atom. The summed E-state index contributed by atoms with van der Waals surface area (Å²) in [4.78, 5) is 0. The molecule has 1 nitrogen and oxygen atoms in total. The van der Waals surface area contributed by atoms with Gasteiger partial charge in [0, 0.05) is 5.56 Å². The number of hydrogen-bond donors (Lipinski definition) is 0. The van der Waals surface area contributed by atoms with Gasteiger partial charge < -0.3 is 4.74 Å². The molecule has 0 saturated carbocycles. The maximum atomic E-state index is 14.4. The quantitative estimate of drug-likeness (QED) is 0.406. The zero-order chi connectivity index (χ0) is 17.4. The molecule has 0 fully saturated rings. The lowest BCUT2D eigenvalue weighted by Crippen LogP contribution is -2.08. The molecule has 0 aliphatic heterocycles. The van der Waals surface area contributed by atoms with Gasteiger partial charge in [-0.05, 0) is 55.6 Å². The maximum absolute atomic E-state index is 14.4. The van der Waals surface area contributed by atoms with E-state index < -0.39 is 11.6 Å². The minimum absolute atomic E-state index is 0.357. The molecule has 1 aliphatic carbocycles. The topological polar surface area (TPSA) is 9.23 Å². The van der Waals surface area contributed by atoms with Crippen LogP contribution in [-0.4, -0.2) is 13.2 Å². The highest BCUT2D eigenvalue weighted by molar-refractivity contribution is 5.67. The Morgan fingerprint density at radius 2 is 2.00 bits per heavy atom. The highest BCUT2D eigenvalue weighted by Gasteiger charge is 2.20. The van der Waals surface area contributed by atoms with E-state index in [0.717, 1.165) is 37.7 Å². The third kappa shape index (κ3) is 4.88. The summed E-state index contributed by atoms with van der Waals surface area (Å²) in [5.41, 5.74) is 1.70. The van der Waals surface area contributed by atoms with Crippen molar-refractivity contribution < 1.29 is 13.5 Å². The summed E-state index contributed by atoms with van der Waals surface area (Å²) in [6, 6.07) is 3.38. The summed E-state index contributed by atoms with van der Waals surface area (Å²) in [5.74, 6) is -0.850. The van der Waals surface area contributed by atoms with Gasteiger partial charge in [0.2, 0.25) is 0 Å². The van der Waals surface area contributed by atoms with Crippen molar-refractivity contribution >= 4 is 5.57 Å². The number of ether oxygens (including phenoxy) is 1. The first kappa shape index (κ1) is 18.6. The van der Waals surface area contributed by atoms with Gasteiger partial charge in [-0.2, -0.15) is 0 Å². The minimum atomic E-state index is -0.746. The third-order valence-electron chi connectivity index (χ3n) is 4.56. The van der Waals surface area contributed by atoms with E-state index in [9.17, 15) is 8.78 Å². The van der Waals surface area contributed by atoms with Gasteiger partial charge in [-0.3, -0.25) is 0 Å². The van der Waals surface area contributed by atoms with Crippen LogP contribution in [0.2, 0.25) is 0 Å². The first-order valence-corrected chi connectivity index (χ1v) is 8.63. The van der Waals surface area contributed by atoms with Gasteiger partial charge in [-0.25, -0.2) is 8.78 Å². The summed E-state index contributed by atoms with van der Waals surface area (Å²) < 4.78 is 34.0. The van der Waals surface area contributed by atoms with Gasteiger partial charge in [-0.1, -0.05) is 30.4 Å². The summed E-state index contributed by atoms with van der Waals surface area (Å²) in [6.45, 7) is 8.08. The second kappa shape index (κ2) is 9.53. The van der Waals surface area contributed by atoms with Gasteiger partial charge in [0.25, 0.3) is 0 Å². The molecule has 1 unspecified atom stereocenters. The molecule has 3 heteroatoms. The van der Waals surface area contributed by atoms with E-state index in [1.54, 1.807) is 18.2 Å². The maximum Gasteiger partial charge on any atom is 0.166 e. The molecule has 130 valence electrons. The van der Waals surface area contributed by atoms with Gasteiger partial charge >= 0.3 is 0 Å². The molecular weight excluding hydrogens is 306 g/mol. The van der Waals surface area contributed by atoms with Gasteiger partial charge in [-0.15, -0.1) is 13.2 Å². The van der Waals surface area contributed by atoms with Crippen molar-refractivity contribution in [3.05, 3.63) is 66.3 Å². The van der Waals surface area contributed by atoms with E-state index in [0.29, 0.717) is 36.7 Å². The molecule has 1 aliphatic rings. The first-order chi connectivity index (χ1) is 11.7. The summed E-state index contributed by atoms with van der Waals surface area (Å²) in [6.07, 6.45) is 10.9. The molecule has 0 amide bonds. The Hall–Kier alpha value is -1.74. The molecular formula is C21H26F2O. The summed E-state index contributed by atoms with van der Waals surface area (Å²) >= 11 is 0. The van der Waals surface area contributed by atoms with Gasteiger partial charge in [0.05, 0.1) is 13.2 Å². The highest BCUT2D eigenvalue weighted by Crippen LogP contribution is 2.34. The lowest BCUT2D eigenvalue weighted by Gasteiger charge is -2.22. The minimum Gasteiger partial charge on any atom is -0.377 e. The van der Waals surface area contributed by atoms with Crippen LogP contribution in [-0.2, 0) is 11.2 Å². The lowest BCUT2D eigenvalue weighted by atomic mass is 9.84. The van der Waals surface area contributed by atoms with E-state index in [4.69, 9.17) is 4.74 Å². The van der Waals surface area contributed by atoms with E-state index in [1.807, 2.05) is 6.08 Å². The first-order valence-electron chi connectivity index (χ1n) is 8.63. The molecule has 24 heavy (non-hydrogen) atoms. The Kier molecular flexibility index (Phi) is 7.38. The molecule has 0 radical (unpaired) electrons. The van der Waals surface area contributed by atoms with Crippen molar-refractivity contribution in [2.75, 3.05) is 13.2 Å². The number of halogens is 2. The molecule has 1 aromatic carbocycles. The predicted octanol–water partition coefficient (Wildman–Crippen LogP) is 5.86. The second-order valence-corrected chi connectivity index (χ2v) is 6.25. The average Bonchev–Trinajstić information content (AvgIpc) is 2.61. The molecule has 0 N–H and O–H groups in total. The van der Waals surface area contributed by atoms with Crippen LogP contribution in [0.25, 0.3) is 5.57 Å². The Balaban J connectivity index is 2.04. The van der Waals surface area contributed by atoms with E-state index in [-0.39, 0.29) is 0 Å². The molecule has 1 atom stereocenters. The van der Waals surface area contributed by atoms with E-state index >= 15 is 0 Å². The largest absolute Gasteiger partial charge is 0.377 e. The van der Waals surface area contributed by atoms with Crippen LogP contribution in [0.15, 0.2) is 43.5 Å². The van der Waals surface area contributed by atoms with Crippen molar-refractivity contribution in [1.29, 1.82) is 0 Å². The van der Waals surface area contributed by atoms with E-state index in [1.165, 1.54) is 0 Å². The van der Waals surface area contributed by atoms with Gasteiger partial charge in [0.1, 0.15) is 0 Å². The Labute approximate surface area is 143 Å². The monoisotopic (exact) mass is 332 g/mol. The van der Waals surface area contributed by atoms with Crippen molar-refractivity contribution in [1.82, 2.24) is 0 Å². The van der Waals surface area contributed by atoms with Crippen molar-refractivity contribution in [3.8, 4) is 0 Å². The van der Waals surface area contributed by atoms with Crippen molar-refractivity contribution in [2.45, 2.75) is 38.5 Å². The van der Waals surface area contributed by atoms with Crippen molar-refractivity contribution in [2.24, 2.45) is 5.92 Å². The van der Waals surface area contributed by atoms with Crippen LogP contribution in [0, 0.1) is 17.6 Å². The van der Waals surface area contributed by atoms with Crippen LogP contribution in [0.4, 0.5) is 8.78 Å². The third-order valence-corrected chi connectivity index (χ3v) is 4.56.